The molecular formula is C16H33N. The van der Waals surface area contributed by atoms with Gasteiger partial charge in [-0.25, -0.2) is 0 Å². The molecule has 1 nitrogen and oxygen atoms in total. The molecule has 0 spiro atoms. The van der Waals surface area contributed by atoms with E-state index in [1.807, 2.05) is 0 Å². The van der Waals surface area contributed by atoms with Crippen LogP contribution >= 0.6 is 0 Å². The van der Waals surface area contributed by atoms with Crippen LogP contribution in [0.5, 0.6) is 0 Å². The fraction of sp³-hybridized carbons (Fsp3) is 0.875. The van der Waals surface area contributed by atoms with Crippen LogP contribution < -0.4 is 5.73 Å². The first-order valence-corrected chi connectivity index (χ1v) is 6.78. The molecule has 0 radical (unpaired) electrons. The Kier molecular flexibility index (Phi) is 4.54. The molecule has 0 unspecified atom stereocenters. The van der Waals surface area contributed by atoms with E-state index in [0.29, 0.717) is 11.8 Å². The van der Waals surface area contributed by atoms with Gasteiger partial charge in [0.1, 0.15) is 0 Å². The van der Waals surface area contributed by atoms with Crippen LogP contribution in [-0.4, -0.2) is 0 Å². The standard InChI is InChI=1S/C16H33N/c1-11(2)14(6,7)16(10,13(5)17)15(8,9)12(3)4/h11-12H,5,17H2,1-4,6-10H3. The Morgan fingerprint density at radius 2 is 1.06 bits per heavy atom. The Bertz CT molecular complexity index is 262. The summed E-state index contributed by atoms with van der Waals surface area (Å²) in [6.07, 6.45) is 0. The average molecular weight is 239 g/mol. The second-order valence-electron chi connectivity index (χ2n) is 7.40. The monoisotopic (exact) mass is 239 g/mol. The van der Waals surface area contributed by atoms with Crippen LogP contribution in [0.4, 0.5) is 0 Å². The number of rotatable bonds is 5. The Morgan fingerprint density at radius 3 is 1.18 bits per heavy atom. The minimum Gasteiger partial charge on any atom is -0.402 e. The van der Waals surface area contributed by atoms with E-state index in [2.05, 4.69) is 68.9 Å². The third kappa shape index (κ3) is 2.26. The lowest BCUT2D eigenvalue weighted by Crippen LogP contribution is -2.54. The lowest BCUT2D eigenvalue weighted by atomic mass is 9.47. The van der Waals surface area contributed by atoms with Gasteiger partial charge in [0, 0.05) is 11.1 Å². The molecule has 102 valence electrons. The van der Waals surface area contributed by atoms with Crippen molar-refractivity contribution in [2.75, 3.05) is 0 Å². The molecule has 0 aliphatic heterocycles. The van der Waals surface area contributed by atoms with Gasteiger partial charge < -0.3 is 5.73 Å². The molecular weight excluding hydrogens is 206 g/mol. The Labute approximate surface area is 109 Å². The molecule has 0 fully saturated rings. The van der Waals surface area contributed by atoms with Crippen molar-refractivity contribution in [1.29, 1.82) is 0 Å². The highest BCUT2D eigenvalue weighted by Gasteiger charge is 2.54. The summed E-state index contributed by atoms with van der Waals surface area (Å²) in [5.41, 5.74) is 7.19. The molecule has 0 aromatic heterocycles. The minimum atomic E-state index is -0.0810. The first-order chi connectivity index (χ1) is 7.33. The summed E-state index contributed by atoms with van der Waals surface area (Å²) in [4.78, 5) is 0. The van der Waals surface area contributed by atoms with Crippen LogP contribution in [0.1, 0.15) is 62.3 Å². The number of nitrogens with two attached hydrogens (primary N) is 1. The van der Waals surface area contributed by atoms with Gasteiger partial charge in [-0.05, 0) is 22.7 Å². The van der Waals surface area contributed by atoms with E-state index in [1.54, 1.807) is 0 Å². The average Bonchev–Trinajstić information content (AvgIpc) is 2.14. The molecule has 0 saturated heterocycles. The highest BCUT2D eigenvalue weighted by Crippen LogP contribution is 2.60. The van der Waals surface area contributed by atoms with E-state index in [9.17, 15) is 0 Å². The lowest BCUT2D eigenvalue weighted by molar-refractivity contribution is -0.0589. The van der Waals surface area contributed by atoms with Gasteiger partial charge in [0.05, 0.1) is 0 Å². The van der Waals surface area contributed by atoms with Crippen LogP contribution in [-0.2, 0) is 0 Å². The zero-order chi connectivity index (χ0) is 14.2. The second-order valence-corrected chi connectivity index (χ2v) is 7.40. The molecule has 0 aromatic carbocycles. The molecule has 0 rings (SSSR count). The maximum atomic E-state index is 6.22. The quantitative estimate of drug-likeness (QED) is 0.730. The van der Waals surface area contributed by atoms with E-state index >= 15 is 0 Å². The third-order valence-electron chi connectivity index (χ3n) is 6.11. The fourth-order valence-corrected chi connectivity index (χ4v) is 2.81. The molecule has 0 aromatic rings. The zero-order valence-corrected chi connectivity index (χ0v) is 13.4. The molecule has 0 aliphatic carbocycles. The summed E-state index contributed by atoms with van der Waals surface area (Å²) in [6, 6.07) is 0. The molecule has 0 amide bonds. The van der Waals surface area contributed by atoms with E-state index < -0.39 is 0 Å². The predicted molar refractivity (Wildman–Crippen MR) is 78.7 cm³/mol. The van der Waals surface area contributed by atoms with Crippen molar-refractivity contribution in [1.82, 2.24) is 0 Å². The van der Waals surface area contributed by atoms with Gasteiger partial charge in [0.25, 0.3) is 0 Å². The molecule has 1 heteroatoms. The maximum Gasteiger partial charge on any atom is 0.0171 e. The van der Waals surface area contributed by atoms with Crippen LogP contribution in [0.25, 0.3) is 0 Å². The molecule has 0 saturated carbocycles. The smallest absolute Gasteiger partial charge is 0.0171 e. The lowest BCUT2D eigenvalue weighted by Gasteiger charge is -2.58. The van der Waals surface area contributed by atoms with Crippen molar-refractivity contribution in [2.24, 2.45) is 33.8 Å². The van der Waals surface area contributed by atoms with Gasteiger partial charge in [-0.15, -0.1) is 0 Å². The number of hydrogen-bond acceptors (Lipinski definition) is 1. The Balaban J connectivity index is 5.89. The predicted octanol–water partition coefficient (Wildman–Crippen LogP) is 4.83. The second kappa shape index (κ2) is 4.66. The van der Waals surface area contributed by atoms with Gasteiger partial charge in [-0.3, -0.25) is 0 Å². The zero-order valence-electron chi connectivity index (χ0n) is 13.4. The highest BCUT2D eigenvalue weighted by molar-refractivity contribution is 5.17. The fourth-order valence-electron chi connectivity index (χ4n) is 2.81. The summed E-state index contributed by atoms with van der Waals surface area (Å²) in [6.45, 7) is 24.8. The van der Waals surface area contributed by atoms with Crippen molar-refractivity contribution in [2.45, 2.75) is 62.3 Å². The van der Waals surface area contributed by atoms with Crippen molar-refractivity contribution in [3.63, 3.8) is 0 Å². The molecule has 0 aliphatic rings. The van der Waals surface area contributed by atoms with Crippen molar-refractivity contribution in [3.05, 3.63) is 12.3 Å². The molecule has 2 N–H and O–H groups in total. The Hall–Kier alpha value is -0.460. The van der Waals surface area contributed by atoms with Gasteiger partial charge >= 0.3 is 0 Å². The summed E-state index contributed by atoms with van der Waals surface area (Å²) in [7, 11) is 0. The summed E-state index contributed by atoms with van der Waals surface area (Å²) >= 11 is 0. The first-order valence-electron chi connectivity index (χ1n) is 6.78. The molecule has 17 heavy (non-hydrogen) atoms. The van der Waals surface area contributed by atoms with Crippen LogP contribution in [0.3, 0.4) is 0 Å². The number of allylic oxidation sites excluding steroid dienone is 1. The maximum absolute atomic E-state index is 6.22. The highest BCUT2D eigenvalue weighted by atomic mass is 14.7. The van der Waals surface area contributed by atoms with Gasteiger partial charge in [0.15, 0.2) is 0 Å². The third-order valence-corrected chi connectivity index (χ3v) is 6.11. The van der Waals surface area contributed by atoms with Crippen LogP contribution in [0.2, 0.25) is 0 Å². The van der Waals surface area contributed by atoms with Crippen LogP contribution in [0, 0.1) is 28.1 Å². The summed E-state index contributed by atoms with van der Waals surface area (Å²) in [5.74, 6) is 1.12. The Morgan fingerprint density at radius 1 is 0.824 bits per heavy atom. The van der Waals surface area contributed by atoms with E-state index in [0.717, 1.165) is 5.70 Å². The van der Waals surface area contributed by atoms with Crippen molar-refractivity contribution < 1.29 is 0 Å². The van der Waals surface area contributed by atoms with Crippen LogP contribution in [0.15, 0.2) is 12.3 Å². The van der Waals surface area contributed by atoms with Gasteiger partial charge in [-0.1, -0.05) is 68.9 Å². The minimum absolute atomic E-state index is 0.0810. The van der Waals surface area contributed by atoms with E-state index in [1.165, 1.54) is 0 Å². The first kappa shape index (κ1) is 16.5. The number of hydrogen-bond donors (Lipinski definition) is 1. The summed E-state index contributed by atoms with van der Waals surface area (Å²) < 4.78 is 0. The van der Waals surface area contributed by atoms with E-state index in [-0.39, 0.29) is 16.2 Å². The van der Waals surface area contributed by atoms with Crippen molar-refractivity contribution >= 4 is 0 Å². The van der Waals surface area contributed by atoms with Gasteiger partial charge in [-0.2, -0.15) is 0 Å². The normalized spacial score (nSPS) is 14.5. The van der Waals surface area contributed by atoms with E-state index in [4.69, 9.17) is 5.73 Å². The largest absolute Gasteiger partial charge is 0.402 e. The molecule has 0 bridgehead atoms. The SMILES string of the molecule is C=C(N)C(C)(C(C)(C)C(C)C)C(C)(C)C(C)C. The molecule has 0 atom stereocenters. The summed E-state index contributed by atoms with van der Waals surface area (Å²) in [5, 5.41) is 0. The van der Waals surface area contributed by atoms with Gasteiger partial charge in [0.2, 0.25) is 0 Å². The molecule has 0 heterocycles. The van der Waals surface area contributed by atoms with Crippen molar-refractivity contribution in [3.8, 4) is 0 Å². The topological polar surface area (TPSA) is 26.0 Å².